The van der Waals surface area contributed by atoms with E-state index in [-0.39, 0.29) is 66.1 Å². The maximum Gasteiger partial charge on any atom is 0.224 e. The predicted octanol–water partition coefficient (Wildman–Crippen LogP) is -2.15. The molecule has 55 heavy (non-hydrogen) atoms. The number of ether oxygens (including phenoxy) is 11. The minimum atomic E-state index is -1.99. The van der Waals surface area contributed by atoms with Crippen molar-refractivity contribution in [3.8, 4) is 0 Å². The fourth-order valence-corrected chi connectivity index (χ4v) is 5.82. The van der Waals surface area contributed by atoms with Crippen LogP contribution in [0, 0.1) is 0 Å². The van der Waals surface area contributed by atoms with E-state index in [0.717, 1.165) is 0 Å². The van der Waals surface area contributed by atoms with Crippen molar-refractivity contribution in [3.05, 3.63) is 0 Å². The van der Waals surface area contributed by atoms with E-state index >= 15 is 0 Å². The molecule has 2 fully saturated rings. The Hall–Kier alpha value is -0.760. The van der Waals surface area contributed by atoms with E-state index in [1.54, 1.807) is 13.8 Å². The Kier molecular flexibility index (Phi) is 23.5. The zero-order chi connectivity index (χ0) is 41.3. The molecule has 0 aromatic rings. The fraction of sp³-hybridized carbons (Fsp3) is 1.00. The normalized spacial score (nSPS) is 33.2. The van der Waals surface area contributed by atoms with Gasteiger partial charge in [0.2, 0.25) is 5.79 Å². The molecule has 2 aliphatic rings. The highest BCUT2D eigenvalue weighted by Gasteiger charge is 2.62. The van der Waals surface area contributed by atoms with Gasteiger partial charge in [-0.05, 0) is 55.4 Å². The van der Waals surface area contributed by atoms with E-state index in [2.05, 4.69) is 0 Å². The summed E-state index contributed by atoms with van der Waals surface area (Å²) >= 11 is 0. The first-order chi connectivity index (χ1) is 25.8. The standard InChI is InChI=1S/C36H70O19/c1-20(37)9-45-17-28-30(48-12-23(4)40)32(50-14-25(6)42)33(51-15-26(7)43)35(53-28)55-36(19-47-11-22(3)39)34(52-16-27(8)44)31(49-13-24(5)41)29(54-36)18-46-10-21(2)38/h20-35,37-44H,9-19H2,1-8H3/t20?,21?,22?,23?,24?,25?,26?,27?,28-,29-,30-,31-,32+,33-,34+,35-,36+/m1/s1. The highest BCUT2D eigenvalue weighted by molar-refractivity contribution is 5.02. The largest absolute Gasteiger partial charge is 0.391 e. The van der Waals surface area contributed by atoms with Crippen LogP contribution < -0.4 is 0 Å². The predicted molar refractivity (Wildman–Crippen MR) is 192 cm³/mol. The van der Waals surface area contributed by atoms with Crippen LogP contribution in [0.4, 0.5) is 0 Å². The van der Waals surface area contributed by atoms with Gasteiger partial charge in [-0.2, -0.15) is 0 Å². The van der Waals surface area contributed by atoms with Gasteiger partial charge in [-0.1, -0.05) is 0 Å². The first-order valence-electron chi connectivity index (χ1n) is 19.1. The smallest absolute Gasteiger partial charge is 0.224 e. The summed E-state index contributed by atoms with van der Waals surface area (Å²) < 4.78 is 68.4. The van der Waals surface area contributed by atoms with E-state index in [4.69, 9.17) is 52.1 Å². The number of rotatable bonds is 29. The summed E-state index contributed by atoms with van der Waals surface area (Å²) in [7, 11) is 0. The summed E-state index contributed by atoms with van der Waals surface area (Å²) in [6.45, 7) is 10.2. The van der Waals surface area contributed by atoms with Crippen molar-refractivity contribution in [1.29, 1.82) is 0 Å². The quantitative estimate of drug-likeness (QED) is 0.0400. The molecule has 2 saturated heterocycles. The average molecular weight is 807 g/mol. The third-order valence-electron chi connectivity index (χ3n) is 7.94. The summed E-state index contributed by atoms with van der Waals surface area (Å²) in [5.41, 5.74) is 0. The second-order valence-electron chi connectivity index (χ2n) is 15.0. The van der Waals surface area contributed by atoms with E-state index in [1.165, 1.54) is 41.5 Å². The molecule has 2 rings (SSSR count). The third kappa shape index (κ3) is 18.4. The number of hydrogen-bond acceptors (Lipinski definition) is 19. The summed E-state index contributed by atoms with van der Waals surface area (Å²) in [5.74, 6) is -1.99. The van der Waals surface area contributed by atoms with Crippen LogP contribution in [0.25, 0.3) is 0 Å². The van der Waals surface area contributed by atoms with Crippen LogP contribution >= 0.6 is 0 Å². The van der Waals surface area contributed by atoms with E-state index in [1.807, 2.05) is 0 Å². The van der Waals surface area contributed by atoms with E-state index in [9.17, 15) is 40.9 Å². The van der Waals surface area contributed by atoms with E-state index in [0.29, 0.717) is 0 Å². The van der Waals surface area contributed by atoms with E-state index < -0.39 is 110 Å². The molecule has 19 nitrogen and oxygen atoms in total. The van der Waals surface area contributed by atoms with Crippen molar-refractivity contribution in [2.45, 2.75) is 159 Å². The lowest BCUT2D eigenvalue weighted by molar-refractivity contribution is -0.398. The first kappa shape index (κ1) is 50.4. The Morgan fingerprint density at radius 3 is 1.29 bits per heavy atom. The molecule has 17 atom stereocenters. The van der Waals surface area contributed by atoms with Crippen molar-refractivity contribution >= 4 is 0 Å². The lowest BCUT2D eigenvalue weighted by Crippen LogP contribution is -2.65. The van der Waals surface area contributed by atoms with Gasteiger partial charge < -0.3 is 93.0 Å². The number of aliphatic hydroxyl groups excluding tert-OH is 8. The third-order valence-corrected chi connectivity index (χ3v) is 7.94. The summed E-state index contributed by atoms with van der Waals surface area (Å²) in [4.78, 5) is 0. The molecule has 8 unspecified atom stereocenters. The molecule has 0 radical (unpaired) electrons. The average Bonchev–Trinajstić information content (AvgIpc) is 3.34. The van der Waals surface area contributed by atoms with Gasteiger partial charge in [-0.25, -0.2) is 0 Å². The summed E-state index contributed by atoms with van der Waals surface area (Å²) in [5, 5.41) is 81.3. The second kappa shape index (κ2) is 25.7. The Bertz CT molecular complexity index is 985. The van der Waals surface area contributed by atoms with Gasteiger partial charge in [-0.3, -0.25) is 0 Å². The molecule has 2 aliphatic heterocycles. The molecule has 2 heterocycles. The maximum atomic E-state index is 10.3. The Labute approximate surface area is 324 Å². The first-order valence-corrected chi connectivity index (χ1v) is 19.1. The van der Waals surface area contributed by atoms with Crippen LogP contribution in [-0.4, -0.2) is 217 Å². The van der Waals surface area contributed by atoms with Crippen LogP contribution in [-0.2, 0) is 52.1 Å². The van der Waals surface area contributed by atoms with Gasteiger partial charge in [0.05, 0.1) is 115 Å². The minimum Gasteiger partial charge on any atom is -0.391 e. The molecular formula is C36H70O19. The minimum absolute atomic E-state index is 0.0557. The molecule has 0 aromatic heterocycles. The van der Waals surface area contributed by atoms with Crippen LogP contribution in [0.5, 0.6) is 0 Å². The highest BCUT2D eigenvalue weighted by Crippen LogP contribution is 2.41. The topological polar surface area (TPSA) is 263 Å². The van der Waals surface area contributed by atoms with Crippen molar-refractivity contribution in [3.63, 3.8) is 0 Å². The van der Waals surface area contributed by atoms with Crippen LogP contribution in [0.3, 0.4) is 0 Å². The molecule has 328 valence electrons. The monoisotopic (exact) mass is 806 g/mol. The van der Waals surface area contributed by atoms with Gasteiger partial charge in [-0.15, -0.1) is 0 Å². The van der Waals surface area contributed by atoms with Crippen molar-refractivity contribution in [2.24, 2.45) is 0 Å². The Morgan fingerprint density at radius 1 is 0.436 bits per heavy atom. The molecule has 0 saturated carbocycles. The summed E-state index contributed by atoms with van der Waals surface area (Å²) in [6, 6.07) is 0. The molecule has 0 aromatic carbocycles. The molecule has 0 bridgehead atoms. The lowest BCUT2D eigenvalue weighted by Gasteiger charge is -2.48. The lowest BCUT2D eigenvalue weighted by atomic mass is 9.97. The van der Waals surface area contributed by atoms with Gasteiger partial charge in [0.15, 0.2) is 6.29 Å². The Morgan fingerprint density at radius 2 is 0.818 bits per heavy atom. The molecule has 0 aliphatic carbocycles. The number of aliphatic hydroxyl groups is 8. The molecular weight excluding hydrogens is 736 g/mol. The Balaban J connectivity index is 2.78. The SMILES string of the molecule is CC(O)COC[C@H]1O[C@@](COCC(C)O)(O[C@H]2O[C@H](COCC(C)O)[C@@H](OCC(C)O)[C@H](OCC(C)O)[C@H]2OCC(C)O)[C@@H](OCC(C)O)[C@@H]1OCC(C)O. The van der Waals surface area contributed by atoms with Crippen LogP contribution in [0.1, 0.15) is 55.4 Å². The van der Waals surface area contributed by atoms with Crippen molar-refractivity contribution in [1.82, 2.24) is 0 Å². The maximum absolute atomic E-state index is 10.3. The molecule has 0 spiro atoms. The van der Waals surface area contributed by atoms with Gasteiger partial charge in [0.1, 0.15) is 49.3 Å². The molecule has 8 N–H and O–H groups in total. The van der Waals surface area contributed by atoms with Crippen LogP contribution in [0.2, 0.25) is 0 Å². The molecule has 19 heteroatoms. The van der Waals surface area contributed by atoms with Gasteiger partial charge in [0.25, 0.3) is 0 Å². The zero-order valence-corrected chi connectivity index (χ0v) is 33.6. The number of hydrogen-bond donors (Lipinski definition) is 8. The second-order valence-corrected chi connectivity index (χ2v) is 15.0. The molecule has 0 amide bonds. The fourth-order valence-electron chi connectivity index (χ4n) is 5.82. The van der Waals surface area contributed by atoms with Crippen molar-refractivity contribution < 1.29 is 93.0 Å². The summed E-state index contributed by atoms with van der Waals surface area (Å²) in [6.07, 6.45) is -16.3. The highest BCUT2D eigenvalue weighted by atomic mass is 16.8. The van der Waals surface area contributed by atoms with Gasteiger partial charge >= 0.3 is 0 Å². The zero-order valence-electron chi connectivity index (χ0n) is 33.6. The van der Waals surface area contributed by atoms with Crippen molar-refractivity contribution in [2.75, 3.05) is 72.7 Å². The van der Waals surface area contributed by atoms with Gasteiger partial charge in [0, 0.05) is 0 Å². The van der Waals surface area contributed by atoms with Crippen LogP contribution in [0.15, 0.2) is 0 Å².